The molecule has 4 heteroatoms. The van der Waals surface area contributed by atoms with Crippen molar-refractivity contribution in [3.05, 3.63) is 94.5 Å². The number of methoxy groups -OCH3 is 1. The molecule has 1 unspecified atom stereocenters. The average molecular weight is 464 g/mol. The maximum atomic E-state index is 14.0. The molecular formula is C29H37NO2S. The van der Waals surface area contributed by atoms with Gasteiger partial charge in [-0.15, -0.1) is 0 Å². The van der Waals surface area contributed by atoms with Crippen LogP contribution in [0.25, 0.3) is 0 Å². The quantitative estimate of drug-likeness (QED) is 0.357. The molecule has 3 aromatic rings. The van der Waals surface area contributed by atoms with Gasteiger partial charge >= 0.3 is 0 Å². The summed E-state index contributed by atoms with van der Waals surface area (Å²) in [5, 5.41) is 0. The Kier molecular flexibility index (Phi) is 8.50. The molecule has 0 aliphatic carbocycles. The van der Waals surface area contributed by atoms with Crippen molar-refractivity contribution in [3.63, 3.8) is 0 Å². The summed E-state index contributed by atoms with van der Waals surface area (Å²) in [6, 6.07) is 22.5. The van der Waals surface area contributed by atoms with Crippen LogP contribution in [0.4, 0.5) is 0 Å². The van der Waals surface area contributed by atoms with Crippen LogP contribution in [-0.2, 0) is 11.0 Å². The lowest BCUT2D eigenvalue weighted by molar-refractivity contribution is 0.414. The normalized spacial score (nSPS) is 13.5. The Morgan fingerprint density at radius 3 is 1.67 bits per heavy atom. The molecular weight excluding hydrogens is 426 g/mol. The summed E-state index contributed by atoms with van der Waals surface area (Å²) in [4.78, 5) is 0.929. The highest BCUT2D eigenvalue weighted by Gasteiger charge is 2.24. The van der Waals surface area contributed by atoms with Gasteiger partial charge in [0.2, 0.25) is 0 Å². The second kappa shape index (κ2) is 11.1. The third-order valence-electron chi connectivity index (χ3n) is 6.07. The van der Waals surface area contributed by atoms with E-state index in [1.54, 1.807) is 7.11 Å². The van der Waals surface area contributed by atoms with Crippen LogP contribution in [0.1, 0.15) is 93.2 Å². The summed E-state index contributed by atoms with van der Waals surface area (Å²) >= 11 is 0. The third-order valence-corrected chi connectivity index (χ3v) is 7.36. The number of benzene rings is 3. The second-order valence-corrected chi connectivity index (χ2v) is 10.7. The molecule has 0 bridgehead atoms. The zero-order chi connectivity index (χ0) is 24.1. The van der Waals surface area contributed by atoms with Crippen molar-refractivity contribution in [1.82, 2.24) is 4.72 Å². The Hall–Kier alpha value is -2.43. The molecule has 0 aromatic heterocycles. The molecule has 3 aromatic carbocycles. The highest BCUT2D eigenvalue weighted by molar-refractivity contribution is 7.83. The van der Waals surface area contributed by atoms with Crippen molar-refractivity contribution in [1.29, 1.82) is 0 Å². The second-order valence-electron chi connectivity index (χ2n) is 9.50. The fraction of sp³-hybridized carbons (Fsp3) is 0.379. The van der Waals surface area contributed by atoms with Crippen LogP contribution in [0.2, 0.25) is 0 Å². The van der Waals surface area contributed by atoms with E-state index in [1.807, 2.05) is 42.5 Å². The molecule has 2 atom stereocenters. The molecule has 0 aliphatic heterocycles. The van der Waals surface area contributed by atoms with E-state index in [0.717, 1.165) is 32.9 Å². The van der Waals surface area contributed by atoms with Gasteiger partial charge in [-0.05, 0) is 57.7 Å². The minimum Gasteiger partial charge on any atom is -0.497 e. The van der Waals surface area contributed by atoms with Gasteiger partial charge in [0.1, 0.15) is 16.7 Å². The predicted octanol–water partition coefficient (Wildman–Crippen LogP) is 7.47. The standard InChI is InChI=1S/C29H37NO2S/c1-19(2)24-17-26(20(3)4)29(27(18-24)21(5)6)33(31)30-28(22-11-9-8-10-12-22)23-13-15-25(32-7)16-14-23/h8-21,28,30H,1-7H3/t28-,33?/m1/s1. The minimum atomic E-state index is -1.39. The Morgan fingerprint density at radius 2 is 1.21 bits per heavy atom. The fourth-order valence-electron chi connectivity index (χ4n) is 4.04. The number of hydrogen-bond donors (Lipinski definition) is 1. The number of ether oxygens (including phenoxy) is 1. The summed E-state index contributed by atoms with van der Waals surface area (Å²) in [5.74, 6) is 1.78. The van der Waals surface area contributed by atoms with Gasteiger partial charge in [-0.25, -0.2) is 8.93 Å². The smallest absolute Gasteiger partial charge is 0.126 e. The molecule has 1 N–H and O–H groups in total. The summed E-state index contributed by atoms with van der Waals surface area (Å²) < 4.78 is 22.8. The Bertz CT molecular complexity index is 1040. The number of hydrogen-bond acceptors (Lipinski definition) is 2. The Morgan fingerprint density at radius 1 is 0.697 bits per heavy atom. The summed E-state index contributed by atoms with van der Waals surface area (Å²) in [5.41, 5.74) is 5.76. The zero-order valence-corrected chi connectivity index (χ0v) is 21.7. The Labute approximate surface area is 202 Å². The van der Waals surface area contributed by atoms with E-state index < -0.39 is 11.0 Å². The molecule has 0 saturated carbocycles. The first-order valence-corrected chi connectivity index (χ1v) is 12.9. The lowest BCUT2D eigenvalue weighted by Gasteiger charge is -2.25. The maximum Gasteiger partial charge on any atom is 0.126 e. The lowest BCUT2D eigenvalue weighted by Crippen LogP contribution is -2.26. The largest absolute Gasteiger partial charge is 0.497 e. The monoisotopic (exact) mass is 463 g/mol. The van der Waals surface area contributed by atoms with Gasteiger partial charge in [0.15, 0.2) is 0 Å². The van der Waals surface area contributed by atoms with Crippen LogP contribution in [0.3, 0.4) is 0 Å². The summed E-state index contributed by atoms with van der Waals surface area (Å²) in [6.45, 7) is 13.2. The topological polar surface area (TPSA) is 38.3 Å². The number of nitrogens with one attached hydrogen (secondary N) is 1. The van der Waals surface area contributed by atoms with Crippen LogP contribution in [0.15, 0.2) is 71.6 Å². The van der Waals surface area contributed by atoms with Crippen LogP contribution < -0.4 is 9.46 Å². The summed E-state index contributed by atoms with van der Waals surface area (Å²) in [6.07, 6.45) is 0. The maximum absolute atomic E-state index is 14.0. The molecule has 0 spiro atoms. The van der Waals surface area contributed by atoms with E-state index in [4.69, 9.17) is 4.74 Å². The highest BCUT2D eigenvalue weighted by atomic mass is 32.2. The van der Waals surface area contributed by atoms with Crippen molar-refractivity contribution >= 4 is 11.0 Å². The van der Waals surface area contributed by atoms with E-state index in [0.29, 0.717) is 5.92 Å². The van der Waals surface area contributed by atoms with Gasteiger partial charge in [-0.3, -0.25) is 0 Å². The van der Waals surface area contributed by atoms with Crippen molar-refractivity contribution in [2.45, 2.75) is 70.2 Å². The molecule has 0 aliphatic rings. The molecule has 0 heterocycles. The van der Waals surface area contributed by atoms with Crippen molar-refractivity contribution in [2.24, 2.45) is 0 Å². The third kappa shape index (κ3) is 5.93. The first-order valence-electron chi connectivity index (χ1n) is 11.8. The predicted molar refractivity (Wildman–Crippen MR) is 140 cm³/mol. The molecule has 0 amide bonds. The van der Waals surface area contributed by atoms with Crippen LogP contribution in [0.5, 0.6) is 5.75 Å². The van der Waals surface area contributed by atoms with Crippen LogP contribution in [-0.4, -0.2) is 11.3 Å². The van der Waals surface area contributed by atoms with Gasteiger partial charge in [-0.2, -0.15) is 0 Å². The SMILES string of the molecule is COc1ccc([C@H](NS(=O)c2c(C(C)C)cc(C(C)C)cc2C(C)C)c2ccccc2)cc1. The van der Waals surface area contributed by atoms with Crippen molar-refractivity contribution in [2.75, 3.05) is 7.11 Å². The van der Waals surface area contributed by atoms with Crippen LogP contribution in [0, 0.1) is 0 Å². The highest BCUT2D eigenvalue weighted by Crippen LogP contribution is 2.35. The molecule has 0 saturated heterocycles. The van der Waals surface area contributed by atoms with Gasteiger partial charge < -0.3 is 4.74 Å². The lowest BCUT2D eigenvalue weighted by atomic mass is 9.89. The van der Waals surface area contributed by atoms with E-state index in [-0.39, 0.29) is 17.9 Å². The van der Waals surface area contributed by atoms with Gasteiger partial charge in [-0.1, -0.05) is 96.1 Å². The van der Waals surface area contributed by atoms with E-state index in [1.165, 1.54) is 5.56 Å². The minimum absolute atomic E-state index is 0.206. The molecule has 33 heavy (non-hydrogen) atoms. The van der Waals surface area contributed by atoms with E-state index >= 15 is 0 Å². The molecule has 0 fully saturated rings. The van der Waals surface area contributed by atoms with E-state index in [2.05, 4.69) is 70.5 Å². The first kappa shape index (κ1) is 25.2. The van der Waals surface area contributed by atoms with Gasteiger partial charge in [0, 0.05) is 0 Å². The first-order chi connectivity index (χ1) is 15.7. The zero-order valence-electron chi connectivity index (χ0n) is 20.9. The van der Waals surface area contributed by atoms with E-state index in [9.17, 15) is 4.21 Å². The molecule has 3 rings (SSSR count). The molecule has 176 valence electrons. The average Bonchev–Trinajstić information content (AvgIpc) is 2.82. The van der Waals surface area contributed by atoms with Gasteiger partial charge in [0.25, 0.3) is 0 Å². The number of rotatable bonds is 9. The van der Waals surface area contributed by atoms with Crippen LogP contribution >= 0.6 is 0 Å². The van der Waals surface area contributed by atoms with Gasteiger partial charge in [0.05, 0.1) is 18.0 Å². The summed E-state index contributed by atoms with van der Waals surface area (Å²) in [7, 11) is 0.277. The molecule has 3 nitrogen and oxygen atoms in total. The van der Waals surface area contributed by atoms with Crippen molar-refractivity contribution < 1.29 is 8.95 Å². The Balaban J connectivity index is 2.10. The molecule has 0 radical (unpaired) electrons. The fourth-order valence-corrected chi connectivity index (χ4v) is 5.66. The van der Waals surface area contributed by atoms with Crippen molar-refractivity contribution in [3.8, 4) is 5.75 Å².